The van der Waals surface area contributed by atoms with Gasteiger partial charge in [-0.3, -0.25) is 0 Å². The van der Waals surface area contributed by atoms with E-state index < -0.39 is 0 Å². The van der Waals surface area contributed by atoms with Crippen molar-refractivity contribution in [2.75, 3.05) is 6.61 Å². The molecule has 1 aliphatic carbocycles. The molecule has 2 N–H and O–H groups in total. The summed E-state index contributed by atoms with van der Waals surface area (Å²) in [5, 5.41) is 0. The average Bonchev–Trinajstić information content (AvgIpc) is 2.85. The van der Waals surface area contributed by atoms with Gasteiger partial charge in [0.25, 0.3) is 0 Å². The Labute approximate surface area is 110 Å². The zero-order valence-corrected chi connectivity index (χ0v) is 11.5. The van der Waals surface area contributed by atoms with Crippen LogP contribution < -0.4 is 5.73 Å². The van der Waals surface area contributed by atoms with Crippen molar-refractivity contribution in [2.24, 2.45) is 11.7 Å². The normalized spacial score (nSPS) is 30.3. The van der Waals surface area contributed by atoms with E-state index in [1.807, 2.05) is 6.07 Å². The standard InChI is InChI=1S/C15H25NO2/c1-3-18-15(7-4-12(2)5-8-15)14(16)10-13-6-9-17-11-13/h6,9,11-12,14H,3-5,7-8,10,16H2,1-2H3. The van der Waals surface area contributed by atoms with E-state index in [0.717, 1.165) is 31.8 Å². The quantitative estimate of drug-likeness (QED) is 0.874. The van der Waals surface area contributed by atoms with Crippen LogP contribution in [0.25, 0.3) is 0 Å². The minimum absolute atomic E-state index is 0.0579. The van der Waals surface area contributed by atoms with Gasteiger partial charge in [0.05, 0.1) is 18.1 Å². The third-order valence-electron chi connectivity index (χ3n) is 4.26. The van der Waals surface area contributed by atoms with Crippen LogP contribution in [0.3, 0.4) is 0 Å². The highest BCUT2D eigenvalue weighted by Crippen LogP contribution is 2.37. The van der Waals surface area contributed by atoms with Crippen LogP contribution in [0.2, 0.25) is 0 Å². The summed E-state index contributed by atoms with van der Waals surface area (Å²) >= 11 is 0. The van der Waals surface area contributed by atoms with Crippen molar-refractivity contribution >= 4 is 0 Å². The van der Waals surface area contributed by atoms with Gasteiger partial charge in [-0.1, -0.05) is 6.92 Å². The minimum Gasteiger partial charge on any atom is -0.472 e. The third-order valence-corrected chi connectivity index (χ3v) is 4.26. The predicted octanol–water partition coefficient (Wildman–Crippen LogP) is 3.13. The van der Waals surface area contributed by atoms with Gasteiger partial charge in [0, 0.05) is 12.6 Å². The van der Waals surface area contributed by atoms with Gasteiger partial charge in [0.15, 0.2) is 0 Å². The second kappa shape index (κ2) is 5.89. The molecule has 1 heterocycles. The molecule has 1 aromatic rings. The summed E-state index contributed by atoms with van der Waals surface area (Å²) in [6.45, 7) is 5.12. The van der Waals surface area contributed by atoms with E-state index >= 15 is 0 Å². The first-order valence-corrected chi connectivity index (χ1v) is 7.07. The Morgan fingerprint density at radius 1 is 1.50 bits per heavy atom. The van der Waals surface area contributed by atoms with Gasteiger partial charge >= 0.3 is 0 Å². The molecule has 2 rings (SSSR count). The first-order chi connectivity index (χ1) is 8.66. The van der Waals surface area contributed by atoms with Crippen LogP contribution in [-0.2, 0) is 11.2 Å². The maximum absolute atomic E-state index is 6.44. The molecule has 0 saturated heterocycles. The van der Waals surface area contributed by atoms with E-state index in [-0.39, 0.29) is 11.6 Å². The van der Waals surface area contributed by atoms with Crippen LogP contribution in [0, 0.1) is 5.92 Å². The summed E-state index contributed by atoms with van der Waals surface area (Å²) in [6.07, 6.45) is 8.94. The first kappa shape index (κ1) is 13.6. The second-order valence-corrected chi connectivity index (χ2v) is 5.62. The molecule has 1 fully saturated rings. The molecule has 0 amide bonds. The van der Waals surface area contributed by atoms with E-state index in [1.54, 1.807) is 12.5 Å². The summed E-state index contributed by atoms with van der Waals surface area (Å²) in [5.41, 5.74) is 7.48. The molecule has 18 heavy (non-hydrogen) atoms. The van der Waals surface area contributed by atoms with Gasteiger partial charge in [0.2, 0.25) is 0 Å². The number of ether oxygens (including phenoxy) is 1. The molecule has 1 unspecified atom stereocenters. The molecular weight excluding hydrogens is 226 g/mol. The lowest BCUT2D eigenvalue weighted by molar-refractivity contribution is -0.0883. The topological polar surface area (TPSA) is 48.4 Å². The molecule has 0 spiro atoms. The Hall–Kier alpha value is -0.800. The molecule has 0 radical (unpaired) electrons. The Balaban J connectivity index is 2.04. The molecule has 3 nitrogen and oxygen atoms in total. The molecule has 102 valence electrons. The van der Waals surface area contributed by atoms with Crippen molar-refractivity contribution in [3.05, 3.63) is 24.2 Å². The van der Waals surface area contributed by atoms with Crippen LogP contribution in [0.1, 0.15) is 45.1 Å². The van der Waals surface area contributed by atoms with E-state index in [2.05, 4.69) is 13.8 Å². The lowest BCUT2D eigenvalue weighted by Gasteiger charge is -2.43. The number of hydrogen-bond donors (Lipinski definition) is 1. The summed E-state index contributed by atoms with van der Waals surface area (Å²) < 4.78 is 11.2. The SMILES string of the molecule is CCOC1(C(N)Cc2ccoc2)CCC(C)CC1. The molecule has 1 aliphatic rings. The highest BCUT2D eigenvalue weighted by molar-refractivity contribution is 5.10. The lowest BCUT2D eigenvalue weighted by atomic mass is 9.74. The molecule has 1 aromatic heterocycles. The zero-order chi connectivity index (χ0) is 13.0. The second-order valence-electron chi connectivity index (χ2n) is 5.62. The summed E-state index contributed by atoms with van der Waals surface area (Å²) in [6, 6.07) is 2.05. The molecule has 1 atom stereocenters. The van der Waals surface area contributed by atoms with E-state index in [1.165, 1.54) is 18.4 Å². The monoisotopic (exact) mass is 251 g/mol. The maximum atomic E-state index is 6.44. The fourth-order valence-electron chi connectivity index (χ4n) is 3.01. The maximum Gasteiger partial charge on any atom is 0.0935 e. The summed E-state index contributed by atoms with van der Waals surface area (Å²) in [5.74, 6) is 0.805. The van der Waals surface area contributed by atoms with Gasteiger partial charge in [-0.25, -0.2) is 0 Å². The Morgan fingerprint density at radius 2 is 2.22 bits per heavy atom. The van der Waals surface area contributed by atoms with Gasteiger partial charge in [-0.05, 0) is 56.6 Å². The van der Waals surface area contributed by atoms with Crippen molar-refractivity contribution in [2.45, 2.75) is 57.6 Å². The van der Waals surface area contributed by atoms with Crippen LogP contribution in [-0.4, -0.2) is 18.2 Å². The minimum atomic E-state index is -0.126. The summed E-state index contributed by atoms with van der Waals surface area (Å²) in [7, 11) is 0. The Kier molecular flexibility index (Phi) is 4.46. The Bertz CT molecular complexity index is 339. The molecule has 0 bridgehead atoms. The largest absolute Gasteiger partial charge is 0.472 e. The Morgan fingerprint density at radius 3 is 2.78 bits per heavy atom. The van der Waals surface area contributed by atoms with Crippen LogP contribution in [0.4, 0.5) is 0 Å². The van der Waals surface area contributed by atoms with Crippen LogP contribution >= 0.6 is 0 Å². The van der Waals surface area contributed by atoms with Gasteiger partial charge < -0.3 is 14.9 Å². The van der Waals surface area contributed by atoms with Gasteiger partial charge in [-0.2, -0.15) is 0 Å². The van der Waals surface area contributed by atoms with E-state index in [9.17, 15) is 0 Å². The van der Waals surface area contributed by atoms with Crippen molar-refractivity contribution < 1.29 is 9.15 Å². The highest BCUT2D eigenvalue weighted by Gasteiger charge is 2.40. The van der Waals surface area contributed by atoms with Crippen molar-refractivity contribution in [3.63, 3.8) is 0 Å². The fourth-order valence-corrected chi connectivity index (χ4v) is 3.01. The number of nitrogens with two attached hydrogens (primary N) is 1. The highest BCUT2D eigenvalue weighted by atomic mass is 16.5. The molecular formula is C15H25NO2. The van der Waals surface area contributed by atoms with Crippen LogP contribution in [0.15, 0.2) is 23.0 Å². The van der Waals surface area contributed by atoms with Crippen molar-refractivity contribution in [3.8, 4) is 0 Å². The van der Waals surface area contributed by atoms with Gasteiger partial charge in [-0.15, -0.1) is 0 Å². The third kappa shape index (κ3) is 2.96. The zero-order valence-electron chi connectivity index (χ0n) is 11.5. The van der Waals surface area contributed by atoms with E-state index in [4.69, 9.17) is 14.9 Å². The number of rotatable bonds is 5. The number of hydrogen-bond acceptors (Lipinski definition) is 3. The van der Waals surface area contributed by atoms with Crippen LogP contribution in [0.5, 0.6) is 0 Å². The average molecular weight is 251 g/mol. The smallest absolute Gasteiger partial charge is 0.0935 e. The first-order valence-electron chi connectivity index (χ1n) is 7.07. The number of furan rings is 1. The van der Waals surface area contributed by atoms with Gasteiger partial charge in [0.1, 0.15) is 0 Å². The predicted molar refractivity (Wildman–Crippen MR) is 72.4 cm³/mol. The molecule has 0 aliphatic heterocycles. The van der Waals surface area contributed by atoms with E-state index in [0.29, 0.717) is 0 Å². The lowest BCUT2D eigenvalue weighted by Crippen LogP contribution is -2.53. The molecule has 3 heteroatoms. The van der Waals surface area contributed by atoms with Crippen molar-refractivity contribution in [1.82, 2.24) is 0 Å². The summed E-state index contributed by atoms with van der Waals surface area (Å²) in [4.78, 5) is 0. The fraction of sp³-hybridized carbons (Fsp3) is 0.733. The molecule has 0 aromatic carbocycles. The molecule has 1 saturated carbocycles. The van der Waals surface area contributed by atoms with Crippen molar-refractivity contribution in [1.29, 1.82) is 0 Å².